The van der Waals surface area contributed by atoms with Gasteiger partial charge in [-0.3, -0.25) is 4.79 Å². The van der Waals surface area contributed by atoms with E-state index >= 15 is 0 Å². The Hall–Kier alpha value is -2.17. The van der Waals surface area contributed by atoms with E-state index in [2.05, 4.69) is 5.32 Å². The Balaban J connectivity index is 2.42. The second-order valence-corrected chi connectivity index (χ2v) is 5.20. The van der Waals surface area contributed by atoms with Crippen LogP contribution in [0.3, 0.4) is 0 Å². The van der Waals surface area contributed by atoms with Gasteiger partial charge in [0.05, 0.1) is 0 Å². The normalized spacial score (nSPS) is 12.8. The fourth-order valence-corrected chi connectivity index (χ4v) is 2.03. The van der Waals surface area contributed by atoms with Crippen molar-refractivity contribution in [3.63, 3.8) is 0 Å². The Morgan fingerprint density at radius 1 is 1.18 bits per heavy atom. The van der Waals surface area contributed by atoms with Crippen molar-refractivity contribution in [2.75, 3.05) is 0 Å². The van der Waals surface area contributed by atoms with Crippen LogP contribution in [0, 0.1) is 5.82 Å². The van der Waals surface area contributed by atoms with E-state index in [0.29, 0.717) is 16.2 Å². The predicted octanol–water partition coefficient (Wildman–Crippen LogP) is 3.47. The molecule has 2 aromatic carbocycles. The molecular formula is C17H15ClFNO2. The number of rotatable bonds is 4. The molecule has 5 heteroatoms. The number of carbonyl (C=O) groups is 1. The summed E-state index contributed by atoms with van der Waals surface area (Å²) in [6.07, 6.45) is 0.669. The summed E-state index contributed by atoms with van der Waals surface area (Å²) < 4.78 is 13.1. The fourth-order valence-electron chi connectivity index (χ4n) is 1.90. The van der Waals surface area contributed by atoms with Gasteiger partial charge in [-0.1, -0.05) is 35.9 Å². The largest absolute Gasteiger partial charge is 0.374 e. The fraction of sp³-hybridized carbons (Fsp3) is 0.118. The lowest BCUT2D eigenvalue weighted by molar-refractivity contribution is -0.118. The third-order valence-electron chi connectivity index (χ3n) is 2.92. The Kier molecular flexibility index (Phi) is 5.31. The zero-order valence-electron chi connectivity index (χ0n) is 11.9. The van der Waals surface area contributed by atoms with Gasteiger partial charge in [-0.15, -0.1) is 0 Å². The molecule has 0 saturated heterocycles. The van der Waals surface area contributed by atoms with E-state index in [4.69, 9.17) is 11.6 Å². The maximum atomic E-state index is 13.1. The standard InChI is InChI=1S/C17H15ClFNO2/c1-11(21)20-17(22)16(13-4-8-15(19)9-5-13)10-12-2-6-14(18)7-3-12/h2-11,21H,1H3,(H,20,22)/b16-10+. The topological polar surface area (TPSA) is 49.3 Å². The predicted molar refractivity (Wildman–Crippen MR) is 85.5 cm³/mol. The monoisotopic (exact) mass is 319 g/mol. The van der Waals surface area contributed by atoms with Gasteiger partial charge in [0.15, 0.2) is 0 Å². The molecule has 22 heavy (non-hydrogen) atoms. The summed E-state index contributed by atoms with van der Waals surface area (Å²) >= 11 is 5.84. The Morgan fingerprint density at radius 3 is 2.32 bits per heavy atom. The molecule has 0 aliphatic heterocycles. The zero-order valence-corrected chi connectivity index (χ0v) is 12.6. The molecule has 0 fully saturated rings. The van der Waals surface area contributed by atoms with E-state index in [1.165, 1.54) is 31.2 Å². The molecule has 1 unspecified atom stereocenters. The minimum atomic E-state index is -0.985. The molecule has 0 spiro atoms. The van der Waals surface area contributed by atoms with Gasteiger partial charge in [-0.2, -0.15) is 0 Å². The Bertz CT molecular complexity index is 679. The molecule has 0 saturated carbocycles. The molecule has 0 aromatic heterocycles. The number of hydrogen-bond donors (Lipinski definition) is 2. The number of amides is 1. The van der Waals surface area contributed by atoms with Crippen LogP contribution < -0.4 is 5.32 Å². The molecule has 0 aliphatic carbocycles. The second kappa shape index (κ2) is 7.20. The van der Waals surface area contributed by atoms with Crippen molar-refractivity contribution in [2.45, 2.75) is 13.2 Å². The van der Waals surface area contributed by atoms with Gasteiger partial charge in [-0.25, -0.2) is 4.39 Å². The Morgan fingerprint density at radius 2 is 1.77 bits per heavy atom. The summed E-state index contributed by atoms with van der Waals surface area (Å²) in [5, 5.41) is 12.3. The zero-order chi connectivity index (χ0) is 16.1. The summed E-state index contributed by atoms with van der Waals surface area (Å²) in [4.78, 5) is 12.3. The molecular weight excluding hydrogens is 305 g/mol. The molecule has 2 aromatic rings. The minimum absolute atomic E-state index is 0.322. The molecule has 114 valence electrons. The first-order chi connectivity index (χ1) is 10.5. The van der Waals surface area contributed by atoms with Crippen LogP contribution in [0.25, 0.3) is 11.6 Å². The van der Waals surface area contributed by atoms with Gasteiger partial charge in [0.25, 0.3) is 5.91 Å². The molecule has 2 rings (SSSR count). The van der Waals surface area contributed by atoms with E-state index < -0.39 is 12.1 Å². The quantitative estimate of drug-likeness (QED) is 0.515. The first-order valence-corrected chi connectivity index (χ1v) is 7.05. The van der Waals surface area contributed by atoms with Crippen LogP contribution in [0.5, 0.6) is 0 Å². The molecule has 1 amide bonds. The summed E-state index contributed by atoms with van der Waals surface area (Å²) in [5.74, 6) is -0.831. The average Bonchev–Trinajstić information content (AvgIpc) is 2.47. The highest BCUT2D eigenvalue weighted by atomic mass is 35.5. The molecule has 0 bridgehead atoms. The van der Waals surface area contributed by atoms with E-state index in [9.17, 15) is 14.3 Å². The van der Waals surface area contributed by atoms with Crippen molar-refractivity contribution < 1.29 is 14.3 Å². The lowest BCUT2D eigenvalue weighted by atomic mass is 10.0. The van der Waals surface area contributed by atoms with Crippen molar-refractivity contribution in [2.24, 2.45) is 0 Å². The summed E-state index contributed by atoms with van der Waals surface area (Å²) in [6, 6.07) is 12.5. The molecule has 1 atom stereocenters. The van der Waals surface area contributed by atoms with Crippen molar-refractivity contribution in [1.29, 1.82) is 0 Å². The summed E-state index contributed by atoms with van der Waals surface area (Å²) in [6.45, 7) is 1.45. The minimum Gasteiger partial charge on any atom is -0.374 e. The van der Waals surface area contributed by atoms with Gasteiger partial charge in [0, 0.05) is 10.6 Å². The van der Waals surface area contributed by atoms with Crippen LogP contribution >= 0.6 is 11.6 Å². The number of halogens is 2. The Labute approximate surface area is 133 Å². The lowest BCUT2D eigenvalue weighted by Gasteiger charge is -2.11. The lowest BCUT2D eigenvalue weighted by Crippen LogP contribution is -2.32. The molecule has 0 heterocycles. The van der Waals surface area contributed by atoms with Crippen molar-refractivity contribution in [3.8, 4) is 0 Å². The van der Waals surface area contributed by atoms with Gasteiger partial charge < -0.3 is 10.4 Å². The van der Waals surface area contributed by atoms with Crippen LogP contribution in [0.2, 0.25) is 5.02 Å². The van der Waals surface area contributed by atoms with Crippen LogP contribution in [-0.2, 0) is 4.79 Å². The highest BCUT2D eigenvalue weighted by Crippen LogP contribution is 2.20. The highest BCUT2D eigenvalue weighted by molar-refractivity contribution is 6.30. The molecule has 0 aliphatic rings. The number of carbonyl (C=O) groups excluding carboxylic acids is 1. The van der Waals surface area contributed by atoms with E-state index in [1.54, 1.807) is 30.3 Å². The molecule has 2 N–H and O–H groups in total. The highest BCUT2D eigenvalue weighted by Gasteiger charge is 2.13. The van der Waals surface area contributed by atoms with Crippen LogP contribution in [0.15, 0.2) is 48.5 Å². The van der Waals surface area contributed by atoms with Crippen molar-refractivity contribution in [3.05, 3.63) is 70.5 Å². The van der Waals surface area contributed by atoms with Gasteiger partial charge in [-0.05, 0) is 48.4 Å². The number of nitrogens with one attached hydrogen (secondary N) is 1. The maximum absolute atomic E-state index is 13.1. The van der Waals surface area contributed by atoms with Gasteiger partial charge in [0.2, 0.25) is 0 Å². The van der Waals surface area contributed by atoms with Crippen molar-refractivity contribution >= 4 is 29.2 Å². The first-order valence-electron chi connectivity index (χ1n) is 6.68. The van der Waals surface area contributed by atoms with Gasteiger partial charge >= 0.3 is 0 Å². The number of benzene rings is 2. The molecule has 0 radical (unpaired) electrons. The number of aliphatic hydroxyl groups excluding tert-OH is 1. The maximum Gasteiger partial charge on any atom is 0.253 e. The third kappa shape index (κ3) is 4.41. The van der Waals surface area contributed by atoms with E-state index in [1.807, 2.05) is 0 Å². The van der Waals surface area contributed by atoms with E-state index in [-0.39, 0.29) is 5.82 Å². The average molecular weight is 320 g/mol. The van der Waals surface area contributed by atoms with Crippen molar-refractivity contribution in [1.82, 2.24) is 5.32 Å². The summed E-state index contributed by atoms with van der Waals surface area (Å²) in [5.41, 5.74) is 1.64. The van der Waals surface area contributed by atoms with Crippen LogP contribution in [0.1, 0.15) is 18.1 Å². The second-order valence-electron chi connectivity index (χ2n) is 4.77. The molecule has 3 nitrogen and oxygen atoms in total. The van der Waals surface area contributed by atoms with Crippen LogP contribution in [0.4, 0.5) is 4.39 Å². The summed E-state index contributed by atoms with van der Waals surface area (Å²) in [7, 11) is 0. The van der Waals surface area contributed by atoms with E-state index in [0.717, 1.165) is 5.56 Å². The number of hydrogen-bond acceptors (Lipinski definition) is 2. The van der Waals surface area contributed by atoms with Crippen LogP contribution in [-0.4, -0.2) is 17.2 Å². The SMILES string of the molecule is CC(O)NC(=O)/C(=C/c1ccc(Cl)cc1)c1ccc(F)cc1. The third-order valence-corrected chi connectivity index (χ3v) is 3.17. The van der Waals surface area contributed by atoms with Gasteiger partial charge in [0.1, 0.15) is 12.0 Å². The first kappa shape index (κ1) is 16.2. The number of aliphatic hydroxyl groups is 1. The smallest absolute Gasteiger partial charge is 0.253 e.